The van der Waals surface area contributed by atoms with Gasteiger partial charge in [-0.3, -0.25) is 9.59 Å². The van der Waals surface area contributed by atoms with Crippen LogP contribution in [0.1, 0.15) is 31.0 Å². The van der Waals surface area contributed by atoms with E-state index >= 15 is 0 Å². The standard InChI is InChI=1S/C16H21N5O2S/c1-10(13-7-5-4-6-8-13)9-18-14(22)12(3)24-16-20-19-11(2)15(23)21(16)17/h4-8,10,12H,9,17H2,1-3H3,(H,18,22)/t10-,12+/m0/s1. The van der Waals surface area contributed by atoms with E-state index in [2.05, 4.69) is 22.4 Å². The van der Waals surface area contributed by atoms with Crippen LogP contribution in [0.15, 0.2) is 40.3 Å². The van der Waals surface area contributed by atoms with E-state index in [4.69, 9.17) is 5.84 Å². The van der Waals surface area contributed by atoms with Crippen molar-refractivity contribution < 1.29 is 4.79 Å². The fourth-order valence-electron chi connectivity index (χ4n) is 2.06. The van der Waals surface area contributed by atoms with Gasteiger partial charge in [0.05, 0.1) is 5.25 Å². The van der Waals surface area contributed by atoms with Crippen molar-refractivity contribution in [2.75, 3.05) is 12.4 Å². The van der Waals surface area contributed by atoms with E-state index in [1.54, 1.807) is 6.92 Å². The second kappa shape index (κ2) is 7.96. The van der Waals surface area contributed by atoms with E-state index in [9.17, 15) is 9.59 Å². The molecule has 1 aromatic carbocycles. The first-order chi connectivity index (χ1) is 11.4. The van der Waals surface area contributed by atoms with Crippen molar-refractivity contribution in [2.24, 2.45) is 0 Å². The normalized spacial score (nSPS) is 13.3. The molecule has 2 rings (SSSR count). The minimum atomic E-state index is -0.445. The zero-order valence-corrected chi connectivity index (χ0v) is 14.7. The molecule has 8 heteroatoms. The van der Waals surface area contributed by atoms with Crippen molar-refractivity contribution in [2.45, 2.75) is 37.1 Å². The Hall–Kier alpha value is -2.35. The fraction of sp³-hybridized carbons (Fsp3) is 0.375. The van der Waals surface area contributed by atoms with Crippen molar-refractivity contribution in [1.29, 1.82) is 0 Å². The van der Waals surface area contributed by atoms with E-state index in [1.807, 2.05) is 30.3 Å². The Bertz CT molecular complexity index is 763. The summed E-state index contributed by atoms with van der Waals surface area (Å²) in [4.78, 5) is 24.0. The molecule has 2 atom stereocenters. The molecule has 0 radical (unpaired) electrons. The monoisotopic (exact) mass is 347 g/mol. The maximum absolute atomic E-state index is 12.2. The Balaban J connectivity index is 1.93. The summed E-state index contributed by atoms with van der Waals surface area (Å²) in [6, 6.07) is 9.97. The SMILES string of the molecule is Cc1nnc(S[C@H](C)C(=O)NC[C@H](C)c2ccccc2)n(N)c1=O. The number of aryl methyl sites for hydroxylation is 1. The van der Waals surface area contributed by atoms with Gasteiger partial charge < -0.3 is 11.2 Å². The number of aromatic nitrogens is 3. The number of benzene rings is 1. The zero-order valence-electron chi connectivity index (χ0n) is 13.9. The minimum absolute atomic E-state index is 0.141. The predicted molar refractivity (Wildman–Crippen MR) is 94.4 cm³/mol. The van der Waals surface area contributed by atoms with Crippen LogP contribution in [0.2, 0.25) is 0 Å². The highest BCUT2D eigenvalue weighted by Gasteiger charge is 2.19. The van der Waals surface area contributed by atoms with E-state index in [0.29, 0.717) is 6.54 Å². The van der Waals surface area contributed by atoms with Gasteiger partial charge in [-0.1, -0.05) is 49.0 Å². The van der Waals surface area contributed by atoms with Crippen LogP contribution in [0.5, 0.6) is 0 Å². The summed E-state index contributed by atoms with van der Waals surface area (Å²) in [5.41, 5.74) is 0.965. The number of carbonyl (C=O) groups is 1. The van der Waals surface area contributed by atoms with Crippen LogP contribution in [0, 0.1) is 6.92 Å². The predicted octanol–water partition coefficient (Wildman–Crippen LogP) is 1.06. The third kappa shape index (κ3) is 4.35. The van der Waals surface area contributed by atoms with Crippen molar-refractivity contribution in [3.05, 3.63) is 51.9 Å². The van der Waals surface area contributed by atoms with Crippen LogP contribution in [0.3, 0.4) is 0 Å². The topological polar surface area (TPSA) is 103 Å². The first kappa shape index (κ1) is 18.0. The molecule has 0 saturated heterocycles. The maximum Gasteiger partial charge on any atom is 0.294 e. The Labute approximate surface area is 144 Å². The van der Waals surface area contributed by atoms with Gasteiger partial charge in [-0.25, -0.2) is 0 Å². The molecule has 0 saturated carbocycles. The average Bonchev–Trinajstić information content (AvgIpc) is 2.60. The second-order valence-corrected chi connectivity index (χ2v) is 6.87. The van der Waals surface area contributed by atoms with Crippen LogP contribution >= 0.6 is 11.8 Å². The highest BCUT2D eigenvalue weighted by molar-refractivity contribution is 8.00. The summed E-state index contributed by atoms with van der Waals surface area (Å²) in [6.07, 6.45) is 0. The van der Waals surface area contributed by atoms with Crippen molar-refractivity contribution in [1.82, 2.24) is 20.2 Å². The number of nitrogens with zero attached hydrogens (tertiary/aromatic N) is 3. The molecule has 0 unspecified atom stereocenters. The Morgan fingerprint density at radius 2 is 1.96 bits per heavy atom. The first-order valence-corrected chi connectivity index (χ1v) is 8.48. The van der Waals surface area contributed by atoms with Crippen LogP contribution in [-0.4, -0.2) is 32.6 Å². The maximum atomic E-state index is 12.2. The Morgan fingerprint density at radius 3 is 2.62 bits per heavy atom. The molecule has 1 heterocycles. The molecule has 0 bridgehead atoms. The van der Waals surface area contributed by atoms with Crippen LogP contribution in [-0.2, 0) is 4.79 Å². The number of hydrogen-bond donors (Lipinski definition) is 2. The molecule has 0 aliphatic heterocycles. The Kier molecular flexibility index (Phi) is 5.97. The van der Waals surface area contributed by atoms with Gasteiger partial charge in [0, 0.05) is 6.54 Å². The number of amides is 1. The number of nitrogens with one attached hydrogen (secondary N) is 1. The van der Waals surface area contributed by atoms with Gasteiger partial charge >= 0.3 is 0 Å². The van der Waals surface area contributed by atoms with Gasteiger partial charge in [0.2, 0.25) is 11.1 Å². The van der Waals surface area contributed by atoms with Gasteiger partial charge in [-0.15, -0.1) is 10.2 Å². The summed E-state index contributed by atoms with van der Waals surface area (Å²) in [5.74, 6) is 5.75. The number of thioether (sulfide) groups is 1. The summed E-state index contributed by atoms with van der Waals surface area (Å²) in [5, 5.41) is 10.3. The summed E-state index contributed by atoms with van der Waals surface area (Å²) in [7, 11) is 0. The van der Waals surface area contributed by atoms with Gasteiger partial charge in [0.25, 0.3) is 5.56 Å². The molecule has 0 aliphatic rings. The summed E-state index contributed by atoms with van der Waals surface area (Å²) in [6.45, 7) is 5.85. The fourth-order valence-corrected chi connectivity index (χ4v) is 2.85. The average molecular weight is 347 g/mol. The van der Waals surface area contributed by atoms with Gasteiger partial charge in [-0.2, -0.15) is 4.68 Å². The molecule has 0 fully saturated rings. The molecule has 24 heavy (non-hydrogen) atoms. The third-order valence-corrected chi connectivity index (χ3v) is 4.68. The molecule has 7 nitrogen and oxygen atoms in total. The van der Waals surface area contributed by atoms with Crippen LogP contribution in [0.4, 0.5) is 0 Å². The van der Waals surface area contributed by atoms with Crippen LogP contribution < -0.4 is 16.7 Å². The molecular formula is C16H21N5O2S. The van der Waals surface area contributed by atoms with E-state index in [1.165, 1.54) is 12.5 Å². The molecule has 1 amide bonds. The quantitative estimate of drug-likeness (QED) is 0.598. The minimum Gasteiger partial charge on any atom is -0.355 e. The molecule has 0 aliphatic carbocycles. The van der Waals surface area contributed by atoms with Gasteiger partial charge in [-0.05, 0) is 25.3 Å². The lowest BCUT2D eigenvalue weighted by atomic mass is 10.0. The number of hydrogen-bond acceptors (Lipinski definition) is 6. The number of carbonyl (C=O) groups excluding carboxylic acids is 1. The summed E-state index contributed by atoms with van der Waals surface area (Å²) < 4.78 is 0.920. The lowest BCUT2D eigenvalue weighted by Gasteiger charge is -2.16. The molecule has 3 N–H and O–H groups in total. The number of nitrogens with two attached hydrogens (primary N) is 1. The van der Waals surface area contributed by atoms with E-state index in [0.717, 1.165) is 16.4 Å². The first-order valence-electron chi connectivity index (χ1n) is 7.61. The highest BCUT2D eigenvalue weighted by Crippen LogP contribution is 2.19. The van der Waals surface area contributed by atoms with Gasteiger partial charge in [0.15, 0.2) is 0 Å². The Morgan fingerprint density at radius 1 is 1.29 bits per heavy atom. The lowest BCUT2D eigenvalue weighted by molar-refractivity contribution is -0.120. The smallest absolute Gasteiger partial charge is 0.294 e. The van der Waals surface area contributed by atoms with Gasteiger partial charge in [0.1, 0.15) is 5.69 Å². The molecular weight excluding hydrogens is 326 g/mol. The van der Waals surface area contributed by atoms with Crippen molar-refractivity contribution in [3.63, 3.8) is 0 Å². The van der Waals surface area contributed by atoms with Crippen LogP contribution in [0.25, 0.3) is 0 Å². The second-order valence-electron chi connectivity index (χ2n) is 5.56. The van der Waals surface area contributed by atoms with E-state index < -0.39 is 10.8 Å². The molecule has 0 spiro atoms. The van der Waals surface area contributed by atoms with Crippen molar-refractivity contribution in [3.8, 4) is 0 Å². The number of rotatable bonds is 6. The molecule has 2 aromatic rings. The number of nitrogen functional groups attached to an aromatic ring is 1. The lowest BCUT2D eigenvalue weighted by Crippen LogP contribution is -2.36. The van der Waals surface area contributed by atoms with Crippen molar-refractivity contribution >= 4 is 17.7 Å². The zero-order chi connectivity index (χ0) is 17.7. The highest BCUT2D eigenvalue weighted by atomic mass is 32.2. The molecule has 128 valence electrons. The largest absolute Gasteiger partial charge is 0.355 e. The summed E-state index contributed by atoms with van der Waals surface area (Å²) >= 11 is 1.10. The van der Waals surface area contributed by atoms with E-state index in [-0.39, 0.29) is 22.7 Å². The third-order valence-electron chi connectivity index (χ3n) is 3.62. The molecule has 1 aromatic heterocycles.